The molecule has 0 saturated heterocycles. The normalized spacial score (nSPS) is 14.5. The molecule has 132 valence electrons. The first-order valence-corrected chi connectivity index (χ1v) is 9.54. The largest absolute Gasteiger partial charge is 0.480 e. The van der Waals surface area contributed by atoms with E-state index in [2.05, 4.69) is 48.3 Å². The van der Waals surface area contributed by atoms with E-state index in [4.69, 9.17) is 4.74 Å². The van der Waals surface area contributed by atoms with Gasteiger partial charge in [-0.05, 0) is 61.4 Å². The molecule has 25 heavy (non-hydrogen) atoms. The smallest absolute Gasteiger partial charge is 0.224 e. The molecule has 0 saturated carbocycles. The summed E-state index contributed by atoms with van der Waals surface area (Å²) in [5.74, 6) is 0.919. The van der Waals surface area contributed by atoms with E-state index in [1.165, 1.54) is 18.4 Å². The SMILES string of the molecule is O=C1CCc2cc(OC(S)CCCCCc3ccccc3)ccc2N1. The minimum Gasteiger partial charge on any atom is -0.480 e. The van der Waals surface area contributed by atoms with Crippen molar-refractivity contribution in [1.29, 1.82) is 0 Å². The van der Waals surface area contributed by atoms with Gasteiger partial charge in [-0.1, -0.05) is 36.8 Å². The number of unbranched alkanes of at least 4 members (excludes halogenated alkanes) is 2. The summed E-state index contributed by atoms with van der Waals surface area (Å²) in [6.07, 6.45) is 6.88. The maximum absolute atomic E-state index is 11.4. The van der Waals surface area contributed by atoms with Gasteiger partial charge in [-0.3, -0.25) is 4.79 Å². The monoisotopic (exact) mass is 355 g/mol. The summed E-state index contributed by atoms with van der Waals surface area (Å²) >= 11 is 4.56. The summed E-state index contributed by atoms with van der Waals surface area (Å²) in [5.41, 5.74) is 3.36. The molecule has 1 unspecified atom stereocenters. The molecular formula is C21H25NO2S. The molecule has 0 aromatic heterocycles. The molecule has 0 radical (unpaired) electrons. The zero-order chi connectivity index (χ0) is 17.5. The number of amides is 1. The van der Waals surface area contributed by atoms with Crippen molar-refractivity contribution in [2.75, 3.05) is 5.32 Å². The molecule has 3 nitrogen and oxygen atoms in total. The van der Waals surface area contributed by atoms with Gasteiger partial charge in [0.25, 0.3) is 0 Å². The molecule has 2 aromatic carbocycles. The summed E-state index contributed by atoms with van der Waals surface area (Å²) in [5, 5.41) is 2.89. The van der Waals surface area contributed by atoms with Crippen LogP contribution in [0.4, 0.5) is 5.69 Å². The van der Waals surface area contributed by atoms with Gasteiger partial charge in [-0.2, -0.15) is 0 Å². The Bertz CT molecular complexity index is 702. The van der Waals surface area contributed by atoms with E-state index in [9.17, 15) is 4.79 Å². The highest BCUT2D eigenvalue weighted by Crippen LogP contribution is 2.28. The zero-order valence-electron chi connectivity index (χ0n) is 14.4. The van der Waals surface area contributed by atoms with Crippen molar-refractivity contribution in [2.45, 2.75) is 50.4 Å². The van der Waals surface area contributed by atoms with Gasteiger partial charge >= 0.3 is 0 Å². The Morgan fingerprint density at radius 2 is 1.88 bits per heavy atom. The molecule has 2 aromatic rings. The lowest BCUT2D eigenvalue weighted by atomic mass is 10.0. The molecule has 1 aliphatic rings. The van der Waals surface area contributed by atoms with E-state index in [-0.39, 0.29) is 11.3 Å². The minimum absolute atomic E-state index is 0.0868. The molecule has 4 heteroatoms. The first kappa shape index (κ1) is 17.9. The number of ether oxygens (including phenoxy) is 1. The Morgan fingerprint density at radius 1 is 1.04 bits per heavy atom. The fraction of sp³-hybridized carbons (Fsp3) is 0.381. The van der Waals surface area contributed by atoms with Crippen LogP contribution in [0.3, 0.4) is 0 Å². The maximum atomic E-state index is 11.4. The van der Waals surface area contributed by atoms with Gasteiger partial charge < -0.3 is 10.1 Å². The van der Waals surface area contributed by atoms with Crippen molar-refractivity contribution >= 4 is 24.2 Å². The molecule has 1 N–H and O–H groups in total. The molecule has 1 heterocycles. The van der Waals surface area contributed by atoms with Crippen molar-refractivity contribution in [3.8, 4) is 5.75 Å². The Kier molecular flexibility index (Phi) is 6.40. The average molecular weight is 356 g/mol. The number of nitrogens with one attached hydrogen (secondary N) is 1. The van der Waals surface area contributed by atoms with Gasteiger partial charge in [0.05, 0.1) is 0 Å². The highest BCUT2D eigenvalue weighted by molar-refractivity contribution is 7.80. The summed E-state index contributed by atoms with van der Waals surface area (Å²) in [7, 11) is 0. The van der Waals surface area contributed by atoms with Crippen molar-refractivity contribution < 1.29 is 9.53 Å². The number of carbonyl (C=O) groups excluding carboxylic acids is 1. The third-order valence-electron chi connectivity index (χ3n) is 4.50. The van der Waals surface area contributed by atoms with Crippen LogP contribution in [0.15, 0.2) is 48.5 Å². The van der Waals surface area contributed by atoms with E-state index in [1.807, 2.05) is 18.2 Å². The Hall–Kier alpha value is -1.94. The molecule has 0 fully saturated rings. The van der Waals surface area contributed by atoms with Crippen LogP contribution >= 0.6 is 12.6 Å². The van der Waals surface area contributed by atoms with Gasteiger partial charge in [0, 0.05) is 12.1 Å². The van der Waals surface area contributed by atoms with Gasteiger partial charge in [-0.25, -0.2) is 0 Å². The first-order valence-electron chi connectivity index (χ1n) is 9.02. The number of carbonyl (C=O) groups is 1. The van der Waals surface area contributed by atoms with Crippen LogP contribution in [0.25, 0.3) is 0 Å². The lowest BCUT2D eigenvalue weighted by molar-refractivity contribution is -0.116. The predicted octanol–water partition coefficient (Wildman–Crippen LogP) is 5.01. The second-order valence-corrected chi connectivity index (χ2v) is 7.10. The van der Waals surface area contributed by atoms with E-state index in [0.29, 0.717) is 6.42 Å². The fourth-order valence-corrected chi connectivity index (χ4v) is 3.42. The second kappa shape index (κ2) is 8.95. The van der Waals surface area contributed by atoms with Crippen LogP contribution in [0.2, 0.25) is 0 Å². The summed E-state index contributed by atoms with van der Waals surface area (Å²) < 4.78 is 5.92. The van der Waals surface area contributed by atoms with Crippen LogP contribution in [0.1, 0.15) is 43.2 Å². The standard InChI is InChI=1S/C21H25NO2S/c23-20-14-11-17-15-18(12-13-19(17)22-20)24-21(25)10-6-2-5-9-16-7-3-1-4-8-16/h1,3-4,7-8,12-13,15,21,25H,2,5-6,9-11,14H2,(H,22,23). The number of rotatable bonds is 8. The quantitative estimate of drug-likeness (QED) is 0.397. The molecule has 0 bridgehead atoms. The third kappa shape index (κ3) is 5.53. The van der Waals surface area contributed by atoms with Crippen molar-refractivity contribution in [3.63, 3.8) is 0 Å². The van der Waals surface area contributed by atoms with E-state index in [1.54, 1.807) is 0 Å². The zero-order valence-corrected chi connectivity index (χ0v) is 15.3. The van der Waals surface area contributed by atoms with E-state index >= 15 is 0 Å². The highest BCUT2D eigenvalue weighted by Gasteiger charge is 2.15. The maximum Gasteiger partial charge on any atom is 0.224 e. The lowest BCUT2D eigenvalue weighted by Gasteiger charge is -2.19. The minimum atomic E-state index is -0.0899. The van der Waals surface area contributed by atoms with Crippen LogP contribution in [0, 0.1) is 0 Å². The molecule has 3 rings (SSSR count). The Labute approximate surface area is 155 Å². The fourth-order valence-electron chi connectivity index (χ4n) is 3.12. The van der Waals surface area contributed by atoms with Crippen molar-refractivity contribution in [2.24, 2.45) is 0 Å². The summed E-state index contributed by atoms with van der Waals surface area (Å²) in [6.45, 7) is 0. The third-order valence-corrected chi connectivity index (χ3v) is 4.87. The number of anilines is 1. The highest BCUT2D eigenvalue weighted by atomic mass is 32.1. The van der Waals surface area contributed by atoms with Crippen molar-refractivity contribution in [1.82, 2.24) is 0 Å². The van der Waals surface area contributed by atoms with Crippen LogP contribution in [-0.4, -0.2) is 11.3 Å². The second-order valence-electron chi connectivity index (χ2n) is 6.52. The van der Waals surface area contributed by atoms with Gasteiger partial charge in [-0.15, -0.1) is 12.6 Å². The molecule has 1 atom stereocenters. The van der Waals surface area contributed by atoms with Crippen molar-refractivity contribution in [3.05, 3.63) is 59.7 Å². The topological polar surface area (TPSA) is 38.3 Å². The predicted molar refractivity (Wildman–Crippen MR) is 105 cm³/mol. The molecule has 0 spiro atoms. The number of hydrogen-bond donors (Lipinski definition) is 2. The molecule has 0 aliphatic carbocycles. The van der Waals surface area contributed by atoms with Crippen LogP contribution in [0.5, 0.6) is 5.75 Å². The number of thiol groups is 1. The van der Waals surface area contributed by atoms with Crippen LogP contribution in [-0.2, 0) is 17.6 Å². The number of benzene rings is 2. The average Bonchev–Trinajstić information content (AvgIpc) is 2.62. The molecule has 1 amide bonds. The Morgan fingerprint density at radius 3 is 2.72 bits per heavy atom. The van der Waals surface area contributed by atoms with Gasteiger partial charge in [0.2, 0.25) is 5.91 Å². The lowest BCUT2D eigenvalue weighted by Crippen LogP contribution is -2.19. The summed E-state index contributed by atoms with van der Waals surface area (Å²) in [4.78, 5) is 11.4. The van der Waals surface area contributed by atoms with E-state index in [0.717, 1.165) is 42.7 Å². The van der Waals surface area contributed by atoms with E-state index < -0.39 is 0 Å². The number of fused-ring (bicyclic) bond motifs is 1. The van der Waals surface area contributed by atoms with Crippen LogP contribution < -0.4 is 10.1 Å². The summed E-state index contributed by atoms with van der Waals surface area (Å²) in [6, 6.07) is 16.5. The molecular weight excluding hydrogens is 330 g/mol. The Balaban J connectivity index is 1.38. The number of aryl methyl sites for hydroxylation is 2. The van der Waals surface area contributed by atoms with Gasteiger partial charge in [0.15, 0.2) is 0 Å². The first-order chi connectivity index (χ1) is 12.2. The van der Waals surface area contributed by atoms with Gasteiger partial charge in [0.1, 0.15) is 11.2 Å². The number of hydrogen-bond acceptors (Lipinski definition) is 3. The molecule has 1 aliphatic heterocycles.